The van der Waals surface area contributed by atoms with Gasteiger partial charge in [-0.05, 0) is 31.2 Å². The molecule has 21 heavy (non-hydrogen) atoms. The largest absolute Gasteiger partial charge is 0.493 e. The average Bonchev–Trinajstić information content (AvgIpc) is 2.45. The maximum atomic E-state index is 12.2. The van der Waals surface area contributed by atoms with Gasteiger partial charge in [0.15, 0.2) is 11.5 Å². The molecule has 0 radical (unpaired) electrons. The molecule has 0 aliphatic rings. The molecule has 1 N–H and O–H groups in total. The van der Waals surface area contributed by atoms with Gasteiger partial charge in [0.25, 0.3) is 5.91 Å². The fourth-order valence-electron chi connectivity index (χ4n) is 1.74. The van der Waals surface area contributed by atoms with Crippen LogP contribution >= 0.6 is 11.6 Å². The maximum absolute atomic E-state index is 12.2. The van der Waals surface area contributed by atoms with Crippen LogP contribution < -0.4 is 14.8 Å². The zero-order valence-electron chi connectivity index (χ0n) is 11.8. The minimum absolute atomic E-state index is 0.153. The van der Waals surface area contributed by atoms with Gasteiger partial charge in [0.2, 0.25) is 5.95 Å². The van der Waals surface area contributed by atoms with Crippen LogP contribution in [0.4, 0.5) is 5.95 Å². The normalized spacial score (nSPS) is 10.1. The summed E-state index contributed by atoms with van der Waals surface area (Å²) in [7, 11) is 3.03. The Hall–Kier alpha value is -2.34. The van der Waals surface area contributed by atoms with E-state index in [0.717, 1.165) is 0 Å². The van der Waals surface area contributed by atoms with Gasteiger partial charge in [0.05, 0.1) is 14.2 Å². The van der Waals surface area contributed by atoms with Crippen LogP contribution in [0.25, 0.3) is 0 Å². The Morgan fingerprint density at radius 1 is 1.14 bits per heavy atom. The third-order valence-electron chi connectivity index (χ3n) is 2.69. The van der Waals surface area contributed by atoms with E-state index >= 15 is 0 Å². The molecule has 2 aromatic rings. The van der Waals surface area contributed by atoms with E-state index in [0.29, 0.717) is 22.8 Å². The fourth-order valence-corrected chi connectivity index (χ4v) is 1.98. The molecule has 1 heterocycles. The summed E-state index contributed by atoms with van der Waals surface area (Å²) in [6.07, 6.45) is 0. The number of halogens is 1. The number of amides is 1. The Kier molecular flexibility index (Phi) is 4.59. The Morgan fingerprint density at radius 3 is 2.48 bits per heavy atom. The number of aryl methyl sites for hydroxylation is 1. The zero-order chi connectivity index (χ0) is 15.4. The number of hydrogen-bond acceptors (Lipinski definition) is 5. The number of benzene rings is 1. The van der Waals surface area contributed by atoms with E-state index in [-0.39, 0.29) is 17.0 Å². The first kappa shape index (κ1) is 15.1. The molecule has 1 amide bonds. The third-order valence-corrected chi connectivity index (χ3v) is 2.89. The number of aromatic nitrogens is 2. The highest BCUT2D eigenvalue weighted by molar-refractivity contribution is 6.29. The van der Waals surface area contributed by atoms with Gasteiger partial charge >= 0.3 is 0 Å². The van der Waals surface area contributed by atoms with Crippen molar-refractivity contribution in [2.24, 2.45) is 0 Å². The molecule has 1 aromatic heterocycles. The molecule has 0 spiro atoms. The topological polar surface area (TPSA) is 73.3 Å². The smallest absolute Gasteiger partial charge is 0.258 e. The van der Waals surface area contributed by atoms with E-state index in [1.54, 1.807) is 31.2 Å². The number of rotatable bonds is 4. The van der Waals surface area contributed by atoms with E-state index in [1.807, 2.05) is 0 Å². The van der Waals surface area contributed by atoms with E-state index < -0.39 is 0 Å². The van der Waals surface area contributed by atoms with Gasteiger partial charge in [0, 0.05) is 11.3 Å². The summed E-state index contributed by atoms with van der Waals surface area (Å²) in [6, 6.07) is 6.45. The van der Waals surface area contributed by atoms with Crippen LogP contribution in [0, 0.1) is 6.92 Å². The molecule has 0 atom stereocenters. The van der Waals surface area contributed by atoms with Crippen LogP contribution in [0.5, 0.6) is 11.5 Å². The van der Waals surface area contributed by atoms with Crippen molar-refractivity contribution < 1.29 is 14.3 Å². The van der Waals surface area contributed by atoms with Crippen LogP contribution in [0.2, 0.25) is 5.15 Å². The Morgan fingerprint density at radius 2 is 1.86 bits per heavy atom. The molecule has 7 heteroatoms. The Balaban J connectivity index is 2.24. The number of carbonyl (C=O) groups excluding carboxylic acids is 1. The van der Waals surface area contributed by atoms with Gasteiger partial charge in [-0.15, -0.1) is 0 Å². The molecule has 0 aliphatic carbocycles. The lowest BCUT2D eigenvalue weighted by Gasteiger charge is -2.09. The van der Waals surface area contributed by atoms with E-state index in [1.165, 1.54) is 14.2 Å². The molecule has 2 rings (SSSR count). The van der Waals surface area contributed by atoms with Crippen molar-refractivity contribution in [3.63, 3.8) is 0 Å². The van der Waals surface area contributed by atoms with Gasteiger partial charge in [-0.25, -0.2) is 9.97 Å². The first-order valence-electron chi connectivity index (χ1n) is 6.08. The monoisotopic (exact) mass is 307 g/mol. The highest BCUT2D eigenvalue weighted by Gasteiger charge is 2.12. The summed E-state index contributed by atoms with van der Waals surface area (Å²) in [5, 5.41) is 2.86. The second-order valence-corrected chi connectivity index (χ2v) is 4.57. The van der Waals surface area contributed by atoms with Crippen molar-refractivity contribution in [1.82, 2.24) is 9.97 Å². The average molecular weight is 308 g/mol. The highest BCUT2D eigenvalue weighted by Crippen LogP contribution is 2.27. The third kappa shape index (κ3) is 3.61. The minimum Gasteiger partial charge on any atom is -0.493 e. The number of ether oxygens (including phenoxy) is 2. The van der Waals surface area contributed by atoms with Crippen molar-refractivity contribution in [2.75, 3.05) is 19.5 Å². The number of nitrogens with zero attached hydrogens (tertiary/aromatic N) is 2. The second-order valence-electron chi connectivity index (χ2n) is 4.18. The predicted octanol–water partition coefficient (Wildman–Crippen LogP) is 2.71. The molecule has 1 aromatic carbocycles. The summed E-state index contributed by atoms with van der Waals surface area (Å²) in [5.74, 6) is 0.801. The Bertz CT molecular complexity index is 656. The summed E-state index contributed by atoms with van der Waals surface area (Å²) >= 11 is 5.83. The van der Waals surface area contributed by atoms with Gasteiger partial charge in [-0.1, -0.05) is 11.6 Å². The van der Waals surface area contributed by atoms with Crippen LogP contribution in [-0.4, -0.2) is 30.1 Å². The Labute approximate surface area is 127 Å². The van der Waals surface area contributed by atoms with Gasteiger partial charge in [0.1, 0.15) is 5.15 Å². The van der Waals surface area contributed by atoms with Crippen molar-refractivity contribution in [1.29, 1.82) is 0 Å². The highest BCUT2D eigenvalue weighted by atomic mass is 35.5. The summed E-state index contributed by atoms with van der Waals surface area (Å²) in [5.41, 5.74) is 1.06. The number of anilines is 1. The number of hydrogen-bond donors (Lipinski definition) is 1. The number of methoxy groups -OCH3 is 2. The van der Waals surface area contributed by atoms with E-state index in [9.17, 15) is 4.79 Å². The molecule has 0 fully saturated rings. The SMILES string of the molecule is COc1ccc(C(=O)Nc2nc(C)cc(Cl)n2)cc1OC. The molecule has 0 aliphatic heterocycles. The van der Waals surface area contributed by atoms with Gasteiger partial charge < -0.3 is 9.47 Å². The van der Waals surface area contributed by atoms with Gasteiger partial charge in [-0.3, -0.25) is 10.1 Å². The van der Waals surface area contributed by atoms with E-state index in [4.69, 9.17) is 21.1 Å². The number of nitrogens with one attached hydrogen (secondary N) is 1. The minimum atomic E-state index is -0.363. The van der Waals surface area contributed by atoms with E-state index in [2.05, 4.69) is 15.3 Å². The second kappa shape index (κ2) is 6.41. The predicted molar refractivity (Wildman–Crippen MR) is 79.3 cm³/mol. The zero-order valence-corrected chi connectivity index (χ0v) is 12.6. The molecule has 110 valence electrons. The van der Waals surface area contributed by atoms with Crippen molar-refractivity contribution >= 4 is 23.5 Å². The lowest BCUT2D eigenvalue weighted by molar-refractivity contribution is 0.102. The van der Waals surface area contributed by atoms with Crippen LogP contribution in [0.1, 0.15) is 16.1 Å². The van der Waals surface area contributed by atoms with Crippen LogP contribution in [0.15, 0.2) is 24.3 Å². The van der Waals surface area contributed by atoms with Crippen LogP contribution in [0.3, 0.4) is 0 Å². The quantitative estimate of drug-likeness (QED) is 0.879. The molecule has 0 saturated carbocycles. The van der Waals surface area contributed by atoms with Crippen molar-refractivity contribution in [3.05, 3.63) is 40.7 Å². The molecule has 0 unspecified atom stereocenters. The molecule has 0 bridgehead atoms. The summed E-state index contributed by atoms with van der Waals surface area (Å²) in [4.78, 5) is 20.2. The molecule has 6 nitrogen and oxygen atoms in total. The van der Waals surface area contributed by atoms with Gasteiger partial charge in [-0.2, -0.15) is 0 Å². The van der Waals surface area contributed by atoms with Crippen LogP contribution in [-0.2, 0) is 0 Å². The number of carbonyl (C=O) groups is 1. The molecular weight excluding hydrogens is 294 g/mol. The molecule has 0 saturated heterocycles. The van der Waals surface area contributed by atoms with Crippen molar-refractivity contribution in [2.45, 2.75) is 6.92 Å². The fraction of sp³-hybridized carbons (Fsp3) is 0.214. The molecular formula is C14H14ClN3O3. The lowest BCUT2D eigenvalue weighted by atomic mass is 10.2. The first-order chi connectivity index (χ1) is 10.0. The summed E-state index contributed by atoms with van der Waals surface area (Å²) in [6.45, 7) is 1.76. The standard InChI is InChI=1S/C14H14ClN3O3/c1-8-6-12(15)17-14(16-8)18-13(19)9-4-5-10(20-2)11(7-9)21-3/h4-7H,1-3H3,(H,16,17,18,19). The summed E-state index contributed by atoms with van der Waals surface area (Å²) < 4.78 is 10.3. The first-order valence-corrected chi connectivity index (χ1v) is 6.46. The lowest BCUT2D eigenvalue weighted by Crippen LogP contribution is -2.14. The van der Waals surface area contributed by atoms with Crippen molar-refractivity contribution in [3.8, 4) is 11.5 Å². The maximum Gasteiger partial charge on any atom is 0.258 e.